The standard InChI is InChI=1S/C19H21F2N3O5S2/c1-22(30(26,27)15-6-3-2-4-7-15)14-18(25)23-10-12-24(13-11-23)31(28,29)19-16(20)8-5-9-17(19)21/h2-9H,10-14H2,1H3. The first-order valence-corrected chi connectivity index (χ1v) is 12.2. The predicted molar refractivity (Wildman–Crippen MR) is 108 cm³/mol. The fourth-order valence-corrected chi connectivity index (χ4v) is 5.86. The molecule has 2 aromatic rings. The molecule has 3 rings (SSSR count). The summed E-state index contributed by atoms with van der Waals surface area (Å²) < 4.78 is 80.0. The molecule has 1 aliphatic rings. The van der Waals surface area contributed by atoms with Crippen molar-refractivity contribution in [3.63, 3.8) is 0 Å². The molecule has 1 saturated heterocycles. The molecule has 0 aliphatic carbocycles. The Labute approximate surface area is 179 Å². The van der Waals surface area contributed by atoms with E-state index in [0.717, 1.165) is 26.8 Å². The molecule has 1 amide bonds. The number of rotatable bonds is 6. The molecule has 31 heavy (non-hydrogen) atoms. The van der Waals surface area contributed by atoms with Crippen molar-refractivity contribution in [2.45, 2.75) is 9.79 Å². The molecule has 0 aromatic heterocycles. The minimum atomic E-state index is -4.42. The van der Waals surface area contributed by atoms with Crippen molar-refractivity contribution >= 4 is 26.0 Å². The highest BCUT2D eigenvalue weighted by atomic mass is 32.2. The average Bonchev–Trinajstić information content (AvgIpc) is 2.74. The van der Waals surface area contributed by atoms with Crippen LogP contribution in [0.25, 0.3) is 0 Å². The molecule has 0 spiro atoms. The summed E-state index contributed by atoms with van der Waals surface area (Å²) in [6.07, 6.45) is 0. The third-order valence-electron chi connectivity index (χ3n) is 4.92. The Morgan fingerprint density at radius 2 is 1.45 bits per heavy atom. The smallest absolute Gasteiger partial charge is 0.249 e. The second-order valence-corrected chi connectivity index (χ2v) is 10.8. The zero-order chi connectivity index (χ0) is 22.8. The lowest BCUT2D eigenvalue weighted by molar-refractivity contribution is -0.132. The monoisotopic (exact) mass is 473 g/mol. The highest BCUT2D eigenvalue weighted by Crippen LogP contribution is 2.23. The van der Waals surface area contributed by atoms with E-state index in [-0.39, 0.29) is 31.1 Å². The van der Waals surface area contributed by atoms with Gasteiger partial charge in [-0.3, -0.25) is 4.79 Å². The molecule has 0 N–H and O–H groups in total. The van der Waals surface area contributed by atoms with Gasteiger partial charge in [0.2, 0.25) is 26.0 Å². The van der Waals surface area contributed by atoms with Gasteiger partial charge in [-0.25, -0.2) is 25.6 Å². The van der Waals surface area contributed by atoms with Crippen LogP contribution < -0.4 is 0 Å². The second kappa shape index (κ2) is 8.99. The summed E-state index contributed by atoms with van der Waals surface area (Å²) in [6, 6.07) is 10.4. The summed E-state index contributed by atoms with van der Waals surface area (Å²) in [5.41, 5.74) is 0. The lowest BCUT2D eigenvalue weighted by Gasteiger charge is -2.34. The van der Waals surface area contributed by atoms with E-state index in [9.17, 15) is 30.4 Å². The predicted octanol–water partition coefficient (Wildman–Crippen LogP) is 1.12. The maximum absolute atomic E-state index is 13.9. The van der Waals surface area contributed by atoms with Crippen molar-refractivity contribution in [3.8, 4) is 0 Å². The number of halogens is 2. The molecular formula is C19H21F2N3O5S2. The van der Waals surface area contributed by atoms with E-state index in [1.807, 2.05) is 0 Å². The van der Waals surface area contributed by atoms with Crippen LogP contribution in [0.2, 0.25) is 0 Å². The van der Waals surface area contributed by atoms with Crippen LogP contribution in [0.1, 0.15) is 0 Å². The third-order valence-corrected chi connectivity index (χ3v) is 8.69. The van der Waals surface area contributed by atoms with Gasteiger partial charge in [-0.2, -0.15) is 8.61 Å². The van der Waals surface area contributed by atoms with Crippen LogP contribution in [0.15, 0.2) is 58.3 Å². The van der Waals surface area contributed by atoms with Gasteiger partial charge < -0.3 is 4.90 Å². The Morgan fingerprint density at radius 1 is 0.903 bits per heavy atom. The van der Waals surface area contributed by atoms with Gasteiger partial charge in [0.25, 0.3) is 0 Å². The van der Waals surface area contributed by atoms with Gasteiger partial charge in [0.1, 0.15) is 11.6 Å². The first kappa shape index (κ1) is 23.3. The number of hydrogen-bond donors (Lipinski definition) is 0. The zero-order valence-electron chi connectivity index (χ0n) is 16.6. The molecule has 0 atom stereocenters. The van der Waals surface area contributed by atoms with Crippen LogP contribution in [-0.4, -0.2) is 76.0 Å². The van der Waals surface area contributed by atoms with Gasteiger partial charge in [0.15, 0.2) is 4.90 Å². The Hall–Kier alpha value is -2.41. The number of amides is 1. The molecule has 8 nitrogen and oxygen atoms in total. The fraction of sp³-hybridized carbons (Fsp3) is 0.316. The SMILES string of the molecule is CN(CC(=O)N1CCN(S(=O)(=O)c2c(F)cccc2F)CC1)S(=O)(=O)c1ccccc1. The zero-order valence-corrected chi connectivity index (χ0v) is 18.2. The third kappa shape index (κ3) is 4.76. The molecule has 168 valence electrons. The fourth-order valence-electron chi connectivity index (χ4n) is 3.18. The quantitative estimate of drug-likeness (QED) is 0.627. The summed E-state index contributed by atoms with van der Waals surface area (Å²) in [6.45, 7) is -0.833. The minimum absolute atomic E-state index is 0.0344. The topological polar surface area (TPSA) is 95.1 Å². The van der Waals surface area contributed by atoms with E-state index in [1.165, 1.54) is 24.1 Å². The van der Waals surface area contributed by atoms with Crippen LogP contribution in [0.5, 0.6) is 0 Å². The second-order valence-electron chi connectivity index (χ2n) is 6.91. The molecule has 0 radical (unpaired) electrons. The van der Waals surface area contributed by atoms with Crippen LogP contribution in [-0.2, 0) is 24.8 Å². The Morgan fingerprint density at radius 3 is 2.00 bits per heavy atom. The van der Waals surface area contributed by atoms with Crippen molar-refractivity contribution in [2.24, 2.45) is 0 Å². The molecule has 1 aliphatic heterocycles. The molecule has 2 aromatic carbocycles. The number of likely N-dealkylation sites (N-methyl/N-ethyl adjacent to an activating group) is 1. The lowest BCUT2D eigenvalue weighted by Crippen LogP contribution is -2.52. The minimum Gasteiger partial charge on any atom is -0.339 e. The van der Waals surface area contributed by atoms with E-state index >= 15 is 0 Å². The molecule has 0 bridgehead atoms. The number of sulfonamides is 2. The molecular weight excluding hydrogens is 452 g/mol. The van der Waals surface area contributed by atoms with E-state index < -0.39 is 49.0 Å². The first-order chi connectivity index (χ1) is 14.5. The largest absolute Gasteiger partial charge is 0.339 e. The maximum atomic E-state index is 13.9. The Kier molecular flexibility index (Phi) is 6.74. The molecule has 1 heterocycles. The van der Waals surface area contributed by atoms with Crippen LogP contribution in [0, 0.1) is 11.6 Å². The summed E-state index contributed by atoms with van der Waals surface area (Å²) in [7, 11) is -6.99. The van der Waals surface area contributed by atoms with Crippen LogP contribution >= 0.6 is 0 Å². The van der Waals surface area contributed by atoms with E-state index in [4.69, 9.17) is 0 Å². The number of benzene rings is 2. The average molecular weight is 474 g/mol. The van der Waals surface area contributed by atoms with Crippen molar-refractivity contribution < 1.29 is 30.4 Å². The van der Waals surface area contributed by atoms with Gasteiger partial charge in [-0.15, -0.1) is 0 Å². The van der Waals surface area contributed by atoms with Gasteiger partial charge in [-0.1, -0.05) is 24.3 Å². The van der Waals surface area contributed by atoms with Crippen molar-refractivity contribution in [1.82, 2.24) is 13.5 Å². The number of carbonyl (C=O) groups is 1. The van der Waals surface area contributed by atoms with E-state index in [2.05, 4.69) is 0 Å². The van der Waals surface area contributed by atoms with Gasteiger partial charge in [0, 0.05) is 33.2 Å². The molecule has 0 unspecified atom stereocenters. The Bertz CT molecular complexity index is 1150. The first-order valence-electron chi connectivity index (χ1n) is 9.28. The summed E-state index contributed by atoms with van der Waals surface area (Å²) in [4.78, 5) is 12.9. The summed E-state index contributed by atoms with van der Waals surface area (Å²) in [5, 5.41) is 0. The van der Waals surface area contributed by atoms with Gasteiger partial charge >= 0.3 is 0 Å². The summed E-state index contributed by atoms with van der Waals surface area (Å²) >= 11 is 0. The van der Waals surface area contributed by atoms with Crippen molar-refractivity contribution in [1.29, 1.82) is 0 Å². The highest BCUT2D eigenvalue weighted by Gasteiger charge is 2.34. The Balaban J connectivity index is 1.65. The molecule has 1 fully saturated rings. The highest BCUT2D eigenvalue weighted by molar-refractivity contribution is 7.89. The number of nitrogens with zero attached hydrogens (tertiary/aromatic N) is 3. The van der Waals surface area contributed by atoms with Crippen molar-refractivity contribution in [2.75, 3.05) is 39.8 Å². The van der Waals surface area contributed by atoms with Crippen LogP contribution in [0.3, 0.4) is 0 Å². The van der Waals surface area contributed by atoms with Gasteiger partial charge in [-0.05, 0) is 24.3 Å². The van der Waals surface area contributed by atoms with Crippen LogP contribution in [0.4, 0.5) is 8.78 Å². The number of piperazine rings is 1. The lowest BCUT2D eigenvalue weighted by atomic mass is 10.3. The summed E-state index contributed by atoms with van der Waals surface area (Å²) in [5.74, 6) is -2.88. The van der Waals surface area contributed by atoms with E-state index in [0.29, 0.717) is 0 Å². The molecule has 12 heteroatoms. The van der Waals surface area contributed by atoms with E-state index in [1.54, 1.807) is 18.2 Å². The number of carbonyl (C=O) groups excluding carboxylic acids is 1. The normalized spacial score (nSPS) is 15.9. The maximum Gasteiger partial charge on any atom is 0.249 e. The van der Waals surface area contributed by atoms with Crippen molar-refractivity contribution in [3.05, 3.63) is 60.2 Å². The number of hydrogen-bond acceptors (Lipinski definition) is 5. The van der Waals surface area contributed by atoms with Gasteiger partial charge in [0.05, 0.1) is 11.4 Å². The molecule has 0 saturated carbocycles.